The van der Waals surface area contributed by atoms with Crippen LogP contribution >= 0.6 is 0 Å². The van der Waals surface area contributed by atoms with Crippen molar-refractivity contribution < 1.29 is 13.9 Å². The molecule has 0 bridgehead atoms. The molecule has 7 nitrogen and oxygen atoms in total. The molecule has 3 heterocycles. The van der Waals surface area contributed by atoms with E-state index in [1.54, 1.807) is 11.2 Å². The van der Waals surface area contributed by atoms with Gasteiger partial charge in [0.1, 0.15) is 5.60 Å². The highest BCUT2D eigenvalue weighted by atomic mass is 16.6. The first kappa shape index (κ1) is 13.7. The van der Waals surface area contributed by atoms with Crippen LogP contribution in [0.15, 0.2) is 22.8 Å². The minimum Gasteiger partial charge on any atom is -0.461 e. The zero-order chi connectivity index (χ0) is 15.0. The first-order chi connectivity index (χ1) is 9.94. The largest absolute Gasteiger partial charge is 0.461 e. The summed E-state index contributed by atoms with van der Waals surface area (Å²) < 4.78 is 12.7. The van der Waals surface area contributed by atoms with Crippen molar-refractivity contribution in [2.24, 2.45) is 0 Å². The molecule has 0 unspecified atom stereocenters. The molecule has 2 aromatic rings. The summed E-state index contributed by atoms with van der Waals surface area (Å²) in [7, 11) is 0. The van der Waals surface area contributed by atoms with E-state index in [0.29, 0.717) is 31.2 Å². The molecule has 21 heavy (non-hydrogen) atoms. The lowest BCUT2D eigenvalue weighted by Crippen LogP contribution is -2.41. The van der Waals surface area contributed by atoms with E-state index in [-0.39, 0.29) is 6.09 Å². The monoisotopic (exact) mass is 290 g/mol. The van der Waals surface area contributed by atoms with Crippen molar-refractivity contribution in [3.05, 3.63) is 24.2 Å². The maximum Gasteiger partial charge on any atom is 0.410 e. The molecule has 1 aliphatic heterocycles. The Morgan fingerprint density at radius 2 is 2.14 bits per heavy atom. The fourth-order valence-electron chi connectivity index (χ4n) is 2.23. The molecule has 0 saturated carbocycles. The molecule has 2 aromatic heterocycles. The summed E-state index contributed by atoms with van der Waals surface area (Å²) in [5, 5.41) is 8.29. The number of carbonyl (C=O) groups excluding carboxylic acids is 1. The second kappa shape index (κ2) is 4.91. The molecule has 1 amide bonds. The van der Waals surface area contributed by atoms with Crippen LogP contribution < -0.4 is 0 Å². The van der Waals surface area contributed by atoms with E-state index in [1.807, 2.05) is 37.5 Å². The van der Waals surface area contributed by atoms with Crippen molar-refractivity contribution in [1.29, 1.82) is 0 Å². The van der Waals surface area contributed by atoms with Crippen LogP contribution in [0.4, 0.5) is 4.79 Å². The Labute approximate surface area is 122 Å². The average molecular weight is 290 g/mol. The lowest BCUT2D eigenvalue weighted by molar-refractivity contribution is 0.0195. The van der Waals surface area contributed by atoms with Gasteiger partial charge >= 0.3 is 6.09 Å². The van der Waals surface area contributed by atoms with E-state index < -0.39 is 5.60 Å². The molecule has 0 spiro atoms. The quantitative estimate of drug-likeness (QED) is 0.805. The summed E-state index contributed by atoms with van der Waals surface area (Å²) in [6.07, 6.45) is 1.28. The molecule has 0 atom stereocenters. The minimum atomic E-state index is -0.498. The number of ether oxygens (including phenoxy) is 1. The van der Waals surface area contributed by atoms with Gasteiger partial charge in [-0.25, -0.2) is 4.79 Å². The molecule has 0 aliphatic carbocycles. The third kappa shape index (κ3) is 2.76. The fourth-order valence-corrected chi connectivity index (χ4v) is 2.23. The van der Waals surface area contributed by atoms with E-state index >= 15 is 0 Å². The number of nitrogens with zero attached hydrogens (tertiary/aromatic N) is 4. The van der Waals surface area contributed by atoms with Crippen LogP contribution in [0.1, 0.15) is 26.6 Å². The van der Waals surface area contributed by atoms with Gasteiger partial charge in [-0.15, -0.1) is 10.2 Å². The fraction of sp³-hybridized carbons (Fsp3) is 0.500. The van der Waals surface area contributed by atoms with Gasteiger partial charge in [0.25, 0.3) is 0 Å². The maximum atomic E-state index is 12.1. The second-order valence-corrected chi connectivity index (χ2v) is 5.97. The van der Waals surface area contributed by atoms with Crippen molar-refractivity contribution in [1.82, 2.24) is 19.7 Å². The number of hydrogen-bond donors (Lipinski definition) is 0. The zero-order valence-electron chi connectivity index (χ0n) is 12.4. The van der Waals surface area contributed by atoms with Gasteiger partial charge in [-0.3, -0.25) is 4.90 Å². The van der Waals surface area contributed by atoms with Gasteiger partial charge in [0.05, 0.1) is 12.8 Å². The highest BCUT2D eigenvalue weighted by molar-refractivity contribution is 5.68. The summed E-state index contributed by atoms with van der Waals surface area (Å²) in [6, 6.07) is 3.66. The smallest absolute Gasteiger partial charge is 0.410 e. The molecule has 1 aliphatic rings. The van der Waals surface area contributed by atoms with Gasteiger partial charge in [0, 0.05) is 13.1 Å². The zero-order valence-corrected chi connectivity index (χ0v) is 12.4. The number of carbonyl (C=O) groups is 1. The van der Waals surface area contributed by atoms with Crippen molar-refractivity contribution in [2.45, 2.75) is 39.5 Å². The molecular weight excluding hydrogens is 272 g/mol. The minimum absolute atomic E-state index is 0.323. The highest BCUT2D eigenvalue weighted by Crippen LogP contribution is 2.22. The molecule has 0 saturated heterocycles. The van der Waals surface area contributed by atoms with Gasteiger partial charge < -0.3 is 13.7 Å². The molecule has 112 valence electrons. The third-order valence-electron chi connectivity index (χ3n) is 3.15. The lowest BCUT2D eigenvalue weighted by Gasteiger charge is -2.30. The second-order valence-electron chi connectivity index (χ2n) is 5.97. The van der Waals surface area contributed by atoms with E-state index in [4.69, 9.17) is 9.15 Å². The van der Waals surface area contributed by atoms with Gasteiger partial charge in [0.2, 0.25) is 0 Å². The summed E-state index contributed by atoms with van der Waals surface area (Å²) in [6.45, 7) is 7.14. The average Bonchev–Trinajstić information content (AvgIpc) is 3.04. The normalized spacial score (nSPS) is 14.9. The maximum absolute atomic E-state index is 12.1. The SMILES string of the molecule is CC(C)(C)OC(=O)N1CCn2c(nnc2-c2ccco2)C1. The van der Waals surface area contributed by atoms with Gasteiger partial charge in [0.15, 0.2) is 17.4 Å². The molecular formula is C14H18N4O3. The molecule has 0 aromatic carbocycles. The van der Waals surface area contributed by atoms with E-state index in [9.17, 15) is 4.79 Å². The number of amides is 1. The molecule has 0 N–H and O–H groups in total. The first-order valence-corrected chi connectivity index (χ1v) is 6.88. The first-order valence-electron chi connectivity index (χ1n) is 6.88. The predicted molar refractivity (Wildman–Crippen MR) is 74.4 cm³/mol. The van der Waals surface area contributed by atoms with Gasteiger partial charge in [-0.2, -0.15) is 0 Å². The summed E-state index contributed by atoms with van der Waals surface area (Å²) in [5.74, 6) is 2.11. The van der Waals surface area contributed by atoms with Crippen molar-refractivity contribution in [3.8, 4) is 11.6 Å². The predicted octanol–water partition coefficient (Wildman–Crippen LogP) is 2.29. The van der Waals surface area contributed by atoms with Crippen LogP contribution in [0.2, 0.25) is 0 Å². The standard InChI is InChI=1S/C14H18N4O3/c1-14(2,3)21-13(19)17-6-7-18-11(9-17)15-16-12(18)10-5-4-8-20-10/h4-5,8H,6-7,9H2,1-3H3. The number of aromatic nitrogens is 3. The Hall–Kier alpha value is -2.31. The van der Waals surface area contributed by atoms with Crippen molar-refractivity contribution >= 4 is 6.09 Å². The lowest BCUT2D eigenvalue weighted by atomic mass is 10.2. The number of rotatable bonds is 1. The number of furan rings is 1. The van der Waals surface area contributed by atoms with Gasteiger partial charge in [-0.05, 0) is 32.9 Å². The summed E-state index contributed by atoms with van der Waals surface area (Å²) >= 11 is 0. The third-order valence-corrected chi connectivity index (χ3v) is 3.15. The summed E-state index contributed by atoms with van der Waals surface area (Å²) in [4.78, 5) is 13.7. The highest BCUT2D eigenvalue weighted by Gasteiger charge is 2.28. The van der Waals surface area contributed by atoms with E-state index in [0.717, 1.165) is 5.82 Å². The Kier molecular flexibility index (Phi) is 3.19. The van der Waals surface area contributed by atoms with Crippen LogP contribution in [-0.2, 0) is 17.8 Å². The molecule has 0 fully saturated rings. The Balaban J connectivity index is 1.77. The Morgan fingerprint density at radius 1 is 1.33 bits per heavy atom. The van der Waals surface area contributed by atoms with Crippen LogP contribution in [0.3, 0.4) is 0 Å². The van der Waals surface area contributed by atoms with Crippen molar-refractivity contribution in [3.63, 3.8) is 0 Å². The van der Waals surface area contributed by atoms with Crippen LogP contribution in [0.25, 0.3) is 11.6 Å². The van der Waals surface area contributed by atoms with Crippen LogP contribution in [0, 0.1) is 0 Å². The van der Waals surface area contributed by atoms with E-state index in [2.05, 4.69) is 10.2 Å². The molecule has 0 radical (unpaired) electrons. The molecule has 7 heteroatoms. The van der Waals surface area contributed by atoms with Crippen molar-refractivity contribution in [2.75, 3.05) is 6.54 Å². The molecule has 3 rings (SSSR count). The number of hydrogen-bond acceptors (Lipinski definition) is 5. The Morgan fingerprint density at radius 3 is 2.81 bits per heavy atom. The number of fused-ring (bicyclic) bond motifs is 1. The van der Waals surface area contributed by atoms with Crippen LogP contribution in [-0.4, -0.2) is 37.9 Å². The van der Waals surface area contributed by atoms with E-state index in [1.165, 1.54) is 0 Å². The Bertz CT molecular complexity index is 640. The summed E-state index contributed by atoms with van der Waals surface area (Å²) in [5.41, 5.74) is -0.498. The van der Waals surface area contributed by atoms with Gasteiger partial charge in [-0.1, -0.05) is 0 Å². The van der Waals surface area contributed by atoms with Crippen LogP contribution in [0.5, 0.6) is 0 Å². The topological polar surface area (TPSA) is 73.4 Å².